The van der Waals surface area contributed by atoms with Crippen LogP contribution in [0.1, 0.15) is 17.8 Å². The van der Waals surface area contributed by atoms with E-state index in [1.165, 1.54) is 0 Å². The summed E-state index contributed by atoms with van der Waals surface area (Å²) in [7, 11) is 1.61. The molecule has 1 N–H and O–H groups in total. The first-order valence-electron chi connectivity index (χ1n) is 7.65. The number of nitrogens with one attached hydrogen (secondary N) is 1. The summed E-state index contributed by atoms with van der Waals surface area (Å²) in [5.74, 6) is 0.133. The topological polar surface area (TPSA) is 76.5 Å². The van der Waals surface area contributed by atoms with Crippen LogP contribution in [0.15, 0.2) is 0 Å². The molecule has 0 aromatic carbocycles. The largest absolute Gasteiger partial charge is 0.383 e. The Balaban J connectivity index is 1.79. The molecule has 2 rings (SSSR count). The molecule has 128 valence electrons. The number of hydrogen-bond donors (Lipinski definition) is 1. The molecule has 0 spiro atoms. The Kier molecular flexibility index (Phi) is 6.01. The van der Waals surface area contributed by atoms with Gasteiger partial charge >= 0.3 is 0 Å². The van der Waals surface area contributed by atoms with Gasteiger partial charge in [0.25, 0.3) is 0 Å². The summed E-state index contributed by atoms with van der Waals surface area (Å²) in [5, 5.41) is 7.70. The van der Waals surface area contributed by atoms with Gasteiger partial charge < -0.3 is 15.0 Å². The third kappa shape index (κ3) is 4.45. The zero-order valence-corrected chi connectivity index (χ0v) is 14.5. The highest BCUT2D eigenvalue weighted by Gasteiger charge is 2.29. The van der Waals surface area contributed by atoms with Gasteiger partial charge in [0.15, 0.2) is 0 Å². The molecule has 7 nitrogen and oxygen atoms in total. The lowest BCUT2D eigenvalue weighted by molar-refractivity contribution is -0.128. The van der Waals surface area contributed by atoms with Crippen LogP contribution < -0.4 is 5.32 Å². The van der Waals surface area contributed by atoms with Crippen LogP contribution in [0.25, 0.3) is 0 Å². The minimum absolute atomic E-state index is 0.117. The third-order valence-corrected chi connectivity index (χ3v) is 4.58. The molecule has 1 saturated heterocycles. The van der Waals surface area contributed by atoms with Crippen molar-refractivity contribution in [1.29, 1.82) is 0 Å². The van der Waals surface area contributed by atoms with Crippen molar-refractivity contribution in [2.45, 2.75) is 26.8 Å². The van der Waals surface area contributed by atoms with Crippen molar-refractivity contribution in [3.63, 3.8) is 0 Å². The van der Waals surface area contributed by atoms with Crippen LogP contribution in [0, 0.1) is 19.8 Å². The Hall–Kier alpha value is -1.60. The van der Waals surface area contributed by atoms with Crippen LogP contribution in [0.3, 0.4) is 0 Å². The maximum absolute atomic E-state index is 12.0. The van der Waals surface area contributed by atoms with Gasteiger partial charge in [0.05, 0.1) is 23.0 Å². The lowest BCUT2D eigenvalue weighted by Gasteiger charge is -2.16. The fourth-order valence-corrected chi connectivity index (χ4v) is 2.82. The maximum Gasteiger partial charge on any atom is 0.241 e. The number of aromatic nitrogens is 2. The molecule has 1 fully saturated rings. The van der Waals surface area contributed by atoms with E-state index >= 15 is 0 Å². The highest BCUT2D eigenvalue weighted by atomic mass is 35.5. The summed E-state index contributed by atoms with van der Waals surface area (Å²) in [5.41, 5.74) is 1.49. The number of ether oxygens (including phenoxy) is 1. The molecular weight excluding hydrogens is 320 g/mol. The number of carbonyl (C=O) groups excluding carboxylic acids is 2. The van der Waals surface area contributed by atoms with Gasteiger partial charge in [0, 0.05) is 39.1 Å². The fourth-order valence-electron chi connectivity index (χ4n) is 2.69. The average molecular weight is 343 g/mol. The molecule has 1 aromatic rings. The number of amides is 2. The van der Waals surface area contributed by atoms with Gasteiger partial charge in [0.1, 0.15) is 6.54 Å². The molecular formula is C15H23ClN4O3. The maximum atomic E-state index is 12.0. The first kappa shape index (κ1) is 17.7. The molecule has 0 aliphatic carbocycles. The Bertz CT molecular complexity index is 588. The van der Waals surface area contributed by atoms with E-state index in [1.807, 2.05) is 13.8 Å². The number of aryl methyl sites for hydroxylation is 1. The Morgan fingerprint density at radius 2 is 2.22 bits per heavy atom. The average Bonchev–Trinajstić information content (AvgIpc) is 2.98. The molecule has 2 amide bonds. The quantitative estimate of drug-likeness (QED) is 0.794. The zero-order valence-electron chi connectivity index (χ0n) is 13.8. The van der Waals surface area contributed by atoms with Crippen LogP contribution >= 0.6 is 11.6 Å². The SMILES string of the molecule is COCCN1C[C@@H](CNC(=O)Cn2nc(C)c(Cl)c2C)CC1=O. The van der Waals surface area contributed by atoms with Crippen molar-refractivity contribution in [2.75, 3.05) is 33.4 Å². The highest BCUT2D eigenvalue weighted by molar-refractivity contribution is 6.31. The molecule has 1 aromatic heterocycles. The second kappa shape index (κ2) is 7.79. The van der Waals surface area contributed by atoms with Gasteiger partial charge in [-0.25, -0.2) is 0 Å². The van der Waals surface area contributed by atoms with Crippen LogP contribution in [-0.4, -0.2) is 59.8 Å². The Morgan fingerprint density at radius 3 is 2.83 bits per heavy atom. The van der Waals surface area contributed by atoms with E-state index in [0.717, 1.165) is 5.69 Å². The van der Waals surface area contributed by atoms with Crippen molar-refractivity contribution in [3.05, 3.63) is 16.4 Å². The van der Waals surface area contributed by atoms with Crippen LogP contribution in [-0.2, 0) is 20.9 Å². The van der Waals surface area contributed by atoms with E-state index in [1.54, 1.807) is 16.7 Å². The van der Waals surface area contributed by atoms with Gasteiger partial charge in [-0.05, 0) is 13.8 Å². The molecule has 1 aliphatic rings. The smallest absolute Gasteiger partial charge is 0.241 e. The Labute approximate surface area is 140 Å². The first-order chi connectivity index (χ1) is 10.9. The summed E-state index contributed by atoms with van der Waals surface area (Å²) in [4.78, 5) is 25.7. The molecule has 1 atom stereocenters. The lowest BCUT2D eigenvalue weighted by Crippen LogP contribution is -2.34. The molecule has 2 heterocycles. The molecule has 23 heavy (non-hydrogen) atoms. The number of methoxy groups -OCH3 is 1. The van der Waals surface area contributed by atoms with Gasteiger partial charge in [0.2, 0.25) is 11.8 Å². The van der Waals surface area contributed by atoms with Crippen molar-refractivity contribution in [1.82, 2.24) is 20.0 Å². The van der Waals surface area contributed by atoms with E-state index in [9.17, 15) is 9.59 Å². The van der Waals surface area contributed by atoms with E-state index in [-0.39, 0.29) is 24.3 Å². The summed E-state index contributed by atoms with van der Waals surface area (Å²) in [6.45, 7) is 6.05. The first-order valence-corrected chi connectivity index (χ1v) is 8.03. The lowest BCUT2D eigenvalue weighted by atomic mass is 10.1. The molecule has 0 radical (unpaired) electrons. The monoisotopic (exact) mass is 342 g/mol. The second-order valence-corrected chi connectivity index (χ2v) is 6.23. The summed E-state index contributed by atoms with van der Waals surface area (Å²) >= 11 is 6.07. The number of rotatable bonds is 7. The molecule has 0 saturated carbocycles. The van der Waals surface area contributed by atoms with Crippen molar-refractivity contribution >= 4 is 23.4 Å². The zero-order chi connectivity index (χ0) is 17.0. The van der Waals surface area contributed by atoms with Gasteiger partial charge in [-0.3, -0.25) is 14.3 Å². The summed E-state index contributed by atoms with van der Waals surface area (Å²) in [6, 6.07) is 0. The minimum atomic E-state index is -0.130. The van der Waals surface area contributed by atoms with Gasteiger partial charge in [-0.2, -0.15) is 5.10 Å². The van der Waals surface area contributed by atoms with Crippen LogP contribution in [0.4, 0.5) is 0 Å². The highest BCUT2D eigenvalue weighted by Crippen LogP contribution is 2.19. The summed E-state index contributed by atoms with van der Waals surface area (Å²) < 4.78 is 6.59. The van der Waals surface area contributed by atoms with Gasteiger partial charge in [-0.15, -0.1) is 0 Å². The van der Waals surface area contributed by atoms with E-state index < -0.39 is 0 Å². The molecule has 1 aliphatic heterocycles. The normalized spacial score (nSPS) is 17.8. The molecule has 8 heteroatoms. The van der Waals surface area contributed by atoms with Crippen LogP contribution in [0.5, 0.6) is 0 Å². The van der Waals surface area contributed by atoms with Crippen molar-refractivity contribution < 1.29 is 14.3 Å². The third-order valence-electron chi connectivity index (χ3n) is 4.03. The molecule has 0 bridgehead atoms. The molecule has 0 unspecified atom stereocenters. The number of likely N-dealkylation sites (tertiary alicyclic amines) is 1. The minimum Gasteiger partial charge on any atom is -0.383 e. The number of carbonyl (C=O) groups is 2. The van der Waals surface area contributed by atoms with E-state index in [2.05, 4.69) is 10.4 Å². The van der Waals surface area contributed by atoms with E-state index in [4.69, 9.17) is 16.3 Å². The second-order valence-electron chi connectivity index (χ2n) is 5.85. The standard InChI is InChI=1S/C15H23ClN4O3/c1-10-15(16)11(2)20(18-10)9-13(21)17-7-12-6-14(22)19(8-12)4-5-23-3/h12H,4-9H2,1-3H3,(H,17,21)/t12-/m1/s1. The summed E-state index contributed by atoms with van der Waals surface area (Å²) in [6.07, 6.45) is 0.468. The Morgan fingerprint density at radius 1 is 1.48 bits per heavy atom. The van der Waals surface area contributed by atoms with Crippen molar-refractivity contribution in [2.24, 2.45) is 5.92 Å². The predicted octanol–water partition coefficient (Wildman–Crippen LogP) is 0.764. The predicted molar refractivity (Wildman–Crippen MR) is 86.3 cm³/mol. The fraction of sp³-hybridized carbons (Fsp3) is 0.667. The van der Waals surface area contributed by atoms with Gasteiger partial charge in [-0.1, -0.05) is 11.6 Å². The van der Waals surface area contributed by atoms with E-state index in [0.29, 0.717) is 43.4 Å². The van der Waals surface area contributed by atoms with Crippen molar-refractivity contribution in [3.8, 4) is 0 Å². The number of hydrogen-bond acceptors (Lipinski definition) is 4. The number of nitrogens with zero attached hydrogens (tertiary/aromatic N) is 3. The number of halogens is 1. The van der Waals surface area contributed by atoms with Crippen LogP contribution in [0.2, 0.25) is 5.02 Å².